The SMILES string of the molecule is CC(C)Cc1ccc(C(C)N(CC(=O)O)C(C)(C)C)cc1. The van der Waals surface area contributed by atoms with Crippen LogP contribution < -0.4 is 0 Å². The Labute approximate surface area is 129 Å². The van der Waals surface area contributed by atoms with Gasteiger partial charge in [0.2, 0.25) is 0 Å². The zero-order valence-corrected chi connectivity index (χ0v) is 14.2. The lowest BCUT2D eigenvalue weighted by Crippen LogP contribution is -2.45. The van der Waals surface area contributed by atoms with Gasteiger partial charge in [0.05, 0.1) is 6.54 Å². The molecule has 1 aromatic carbocycles. The number of carbonyl (C=O) groups is 1. The first kappa shape index (κ1) is 17.7. The van der Waals surface area contributed by atoms with Crippen molar-refractivity contribution in [3.8, 4) is 0 Å². The van der Waals surface area contributed by atoms with Crippen molar-refractivity contribution in [1.29, 1.82) is 0 Å². The lowest BCUT2D eigenvalue weighted by atomic mass is 9.96. The number of hydrogen-bond donors (Lipinski definition) is 1. The van der Waals surface area contributed by atoms with Crippen LogP contribution in [0.4, 0.5) is 0 Å². The predicted molar refractivity (Wildman–Crippen MR) is 87.5 cm³/mol. The molecule has 1 rings (SSSR count). The van der Waals surface area contributed by atoms with Gasteiger partial charge in [-0.3, -0.25) is 9.69 Å². The Kier molecular flexibility index (Phi) is 5.97. The first-order chi connectivity index (χ1) is 9.61. The molecule has 21 heavy (non-hydrogen) atoms. The average Bonchev–Trinajstić information content (AvgIpc) is 2.34. The van der Waals surface area contributed by atoms with Gasteiger partial charge >= 0.3 is 5.97 Å². The molecule has 0 aromatic heterocycles. The summed E-state index contributed by atoms with van der Waals surface area (Å²) in [6.45, 7) is 12.7. The van der Waals surface area contributed by atoms with Gasteiger partial charge in [-0.15, -0.1) is 0 Å². The molecule has 0 spiro atoms. The van der Waals surface area contributed by atoms with Gasteiger partial charge in [-0.2, -0.15) is 0 Å². The molecule has 0 radical (unpaired) electrons. The number of benzene rings is 1. The minimum Gasteiger partial charge on any atom is -0.480 e. The standard InChI is InChI=1S/C18H29NO2/c1-13(2)11-15-7-9-16(10-8-15)14(3)19(12-17(20)21)18(4,5)6/h7-10,13-14H,11-12H2,1-6H3,(H,20,21). The van der Waals surface area contributed by atoms with Crippen molar-refractivity contribution in [1.82, 2.24) is 4.90 Å². The van der Waals surface area contributed by atoms with Gasteiger partial charge in [-0.1, -0.05) is 38.1 Å². The number of carboxylic acid groups (broad SMARTS) is 1. The topological polar surface area (TPSA) is 40.5 Å². The molecule has 0 saturated heterocycles. The highest BCUT2D eigenvalue weighted by Crippen LogP contribution is 2.28. The lowest BCUT2D eigenvalue weighted by Gasteiger charge is -2.39. The molecule has 0 saturated carbocycles. The van der Waals surface area contributed by atoms with E-state index in [9.17, 15) is 4.79 Å². The van der Waals surface area contributed by atoms with Crippen LogP contribution in [0.3, 0.4) is 0 Å². The Morgan fingerprint density at radius 3 is 2.05 bits per heavy atom. The van der Waals surface area contributed by atoms with Crippen LogP contribution >= 0.6 is 0 Å². The second kappa shape index (κ2) is 7.08. The Balaban J connectivity index is 2.93. The molecule has 0 aliphatic carbocycles. The highest BCUT2D eigenvalue weighted by molar-refractivity contribution is 5.69. The van der Waals surface area contributed by atoms with Crippen LogP contribution in [-0.4, -0.2) is 28.1 Å². The number of aliphatic carboxylic acids is 1. The van der Waals surface area contributed by atoms with E-state index in [2.05, 4.69) is 65.8 Å². The quantitative estimate of drug-likeness (QED) is 0.856. The summed E-state index contributed by atoms with van der Waals surface area (Å²) >= 11 is 0. The average molecular weight is 291 g/mol. The fourth-order valence-corrected chi connectivity index (χ4v) is 2.68. The van der Waals surface area contributed by atoms with Gasteiger partial charge in [0, 0.05) is 11.6 Å². The normalized spacial score (nSPS) is 13.7. The molecule has 1 unspecified atom stereocenters. The van der Waals surface area contributed by atoms with E-state index in [1.165, 1.54) is 11.1 Å². The summed E-state index contributed by atoms with van der Waals surface area (Å²) in [7, 11) is 0. The molecule has 0 aliphatic rings. The van der Waals surface area contributed by atoms with Gasteiger partial charge in [-0.25, -0.2) is 0 Å². The lowest BCUT2D eigenvalue weighted by molar-refractivity contribution is -0.140. The fourth-order valence-electron chi connectivity index (χ4n) is 2.68. The monoisotopic (exact) mass is 291 g/mol. The van der Waals surface area contributed by atoms with Gasteiger partial charge in [0.1, 0.15) is 0 Å². The van der Waals surface area contributed by atoms with Crippen molar-refractivity contribution in [3.63, 3.8) is 0 Å². The third-order valence-electron chi connectivity index (χ3n) is 3.74. The second-order valence-corrected chi connectivity index (χ2v) is 7.21. The van der Waals surface area contributed by atoms with Crippen molar-refractivity contribution in [2.45, 2.75) is 59.5 Å². The molecule has 3 heteroatoms. The Hall–Kier alpha value is -1.35. The zero-order chi connectivity index (χ0) is 16.2. The van der Waals surface area contributed by atoms with Crippen LogP contribution in [0.1, 0.15) is 58.7 Å². The molecule has 1 aromatic rings. The molecular weight excluding hydrogens is 262 g/mol. The molecule has 0 aliphatic heterocycles. The summed E-state index contributed by atoms with van der Waals surface area (Å²) in [5.41, 5.74) is 2.31. The maximum absolute atomic E-state index is 11.1. The maximum atomic E-state index is 11.1. The van der Waals surface area contributed by atoms with E-state index in [1.807, 2.05) is 4.90 Å². The van der Waals surface area contributed by atoms with Gasteiger partial charge in [-0.05, 0) is 51.2 Å². The molecule has 3 nitrogen and oxygen atoms in total. The highest BCUT2D eigenvalue weighted by atomic mass is 16.4. The van der Waals surface area contributed by atoms with Crippen molar-refractivity contribution < 1.29 is 9.90 Å². The molecule has 0 fully saturated rings. The third-order valence-corrected chi connectivity index (χ3v) is 3.74. The van der Waals surface area contributed by atoms with Crippen LogP contribution in [0.5, 0.6) is 0 Å². The van der Waals surface area contributed by atoms with Crippen LogP contribution in [0, 0.1) is 5.92 Å². The van der Waals surface area contributed by atoms with Gasteiger partial charge in [0.25, 0.3) is 0 Å². The molecule has 0 amide bonds. The second-order valence-electron chi connectivity index (χ2n) is 7.21. The molecule has 1 N–H and O–H groups in total. The van der Waals surface area contributed by atoms with Crippen LogP contribution in [0.25, 0.3) is 0 Å². The fraction of sp³-hybridized carbons (Fsp3) is 0.611. The third kappa shape index (κ3) is 5.50. The van der Waals surface area contributed by atoms with Crippen molar-refractivity contribution in [2.75, 3.05) is 6.54 Å². The summed E-state index contributed by atoms with van der Waals surface area (Å²) in [5, 5.41) is 9.14. The Bertz CT molecular complexity index is 457. The van der Waals surface area contributed by atoms with Crippen LogP contribution in [0.15, 0.2) is 24.3 Å². The number of hydrogen-bond acceptors (Lipinski definition) is 2. The van der Waals surface area contributed by atoms with Crippen molar-refractivity contribution in [2.24, 2.45) is 5.92 Å². The highest BCUT2D eigenvalue weighted by Gasteiger charge is 2.28. The van der Waals surface area contributed by atoms with Crippen LogP contribution in [0.2, 0.25) is 0 Å². The largest absolute Gasteiger partial charge is 0.480 e. The predicted octanol–water partition coefficient (Wildman–Crippen LogP) is 4.13. The molecule has 1 atom stereocenters. The first-order valence-corrected chi connectivity index (χ1v) is 7.68. The summed E-state index contributed by atoms with van der Waals surface area (Å²) < 4.78 is 0. The zero-order valence-electron chi connectivity index (χ0n) is 14.2. The van der Waals surface area contributed by atoms with E-state index in [4.69, 9.17) is 5.11 Å². The molecule has 118 valence electrons. The van der Waals surface area contributed by atoms with Crippen LogP contribution in [-0.2, 0) is 11.2 Å². The Morgan fingerprint density at radius 1 is 1.14 bits per heavy atom. The van der Waals surface area contributed by atoms with Crippen molar-refractivity contribution >= 4 is 5.97 Å². The van der Waals surface area contributed by atoms with E-state index in [1.54, 1.807) is 0 Å². The van der Waals surface area contributed by atoms with E-state index in [-0.39, 0.29) is 18.1 Å². The van der Waals surface area contributed by atoms with Gasteiger partial charge < -0.3 is 5.11 Å². The van der Waals surface area contributed by atoms with Gasteiger partial charge in [0.15, 0.2) is 0 Å². The Morgan fingerprint density at radius 2 is 1.67 bits per heavy atom. The minimum absolute atomic E-state index is 0.0540. The van der Waals surface area contributed by atoms with E-state index >= 15 is 0 Å². The summed E-state index contributed by atoms with van der Waals surface area (Å²) in [6.07, 6.45) is 1.08. The van der Waals surface area contributed by atoms with Crippen molar-refractivity contribution in [3.05, 3.63) is 35.4 Å². The number of carboxylic acids is 1. The summed E-state index contributed by atoms with van der Waals surface area (Å²) in [4.78, 5) is 13.1. The summed E-state index contributed by atoms with van der Waals surface area (Å²) in [5.74, 6) is -0.139. The molecular formula is C18H29NO2. The van der Waals surface area contributed by atoms with E-state index < -0.39 is 5.97 Å². The number of nitrogens with zero attached hydrogens (tertiary/aromatic N) is 1. The number of rotatable bonds is 6. The smallest absolute Gasteiger partial charge is 0.317 e. The summed E-state index contributed by atoms with van der Waals surface area (Å²) in [6, 6.07) is 8.65. The van der Waals surface area contributed by atoms with E-state index in [0.29, 0.717) is 5.92 Å². The minimum atomic E-state index is -0.784. The van der Waals surface area contributed by atoms with E-state index in [0.717, 1.165) is 6.42 Å². The molecule has 0 bridgehead atoms. The first-order valence-electron chi connectivity index (χ1n) is 7.68. The maximum Gasteiger partial charge on any atom is 0.317 e. The molecule has 0 heterocycles.